The number of benzene rings is 1. The second-order valence-corrected chi connectivity index (χ2v) is 4.35. The van der Waals surface area contributed by atoms with Crippen LogP contribution in [0, 0.1) is 0 Å². The molecule has 98 valence electrons. The van der Waals surface area contributed by atoms with Crippen molar-refractivity contribution in [3.05, 3.63) is 30.0 Å². The van der Waals surface area contributed by atoms with Crippen molar-refractivity contribution in [2.24, 2.45) is 0 Å². The van der Waals surface area contributed by atoms with Gasteiger partial charge in [0.2, 0.25) is 0 Å². The molecule has 0 saturated carbocycles. The summed E-state index contributed by atoms with van der Waals surface area (Å²) in [5, 5.41) is 4.50. The van der Waals surface area contributed by atoms with Gasteiger partial charge in [-0.15, -0.1) is 0 Å². The predicted molar refractivity (Wildman–Crippen MR) is 74.2 cm³/mol. The van der Waals surface area contributed by atoms with E-state index in [0.29, 0.717) is 0 Å². The highest BCUT2D eigenvalue weighted by Crippen LogP contribution is 2.30. The number of hydrogen-bond donors (Lipinski definition) is 1. The van der Waals surface area contributed by atoms with E-state index in [1.807, 2.05) is 18.4 Å². The number of furan rings is 1. The molecule has 0 aliphatic rings. The first-order valence-corrected chi connectivity index (χ1v) is 6.69. The van der Waals surface area contributed by atoms with Gasteiger partial charge in [0.05, 0.1) is 12.9 Å². The smallest absolute Gasteiger partial charge is 0.175 e. The van der Waals surface area contributed by atoms with Gasteiger partial charge in [0.25, 0.3) is 0 Å². The number of hydrogen-bond acceptors (Lipinski definition) is 3. The Balaban J connectivity index is 2.19. The molecule has 0 bridgehead atoms. The van der Waals surface area contributed by atoms with E-state index in [2.05, 4.69) is 25.2 Å². The van der Waals surface area contributed by atoms with E-state index in [4.69, 9.17) is 9.15 Å². The number of rotatable bonds is 7. The molecule has 1 aromatic heterocycles. The maximum atomic E-state index is 5.70. The molecule has 0 aliphatic heterocycles. The first kappa shape index (κ1) is 13.0. The zero-order chi connectivity index (χ0) is 12.8. The lowest BCUT2D eigenvalue weighted by Gasteiger charge is -2.04. The highest BCUT2D eigenvalue weighted by molar-refractivity contribution is 5.86. The molecule has 0 aliphatic carbocycles. The van der Waals surface area contributed by atoms with Gasteiger partial charge < -0.3 is 14.5 Å². The van der Waals surface area contributed by atoms with Crippen molar-refractivity contribution in [1.29, 1.82) is 0 Å². The Morgan fingerprint density at radius 1 is 1.28 bits per heavy atom. The van der Waals surface area contributed by atoms with Crippen molar-refractivity contribution >= 4 is 11.0 Å². The maximum Gasteiger partial charge on any atom is 0.175 e. The molecule has 3 heteroatoms. The second kappa shape index (κ2) is 6.45. The van der Waals surface area contributed by atoms with E-state index < -0.39 is 0 Å². The standard InChI is InChI=1S/C15H21NO2/c1-3-10-17-14-7-5-6-13-12(8-9-16-4-2)11-18-15(13)14/h5-7,11,16H,3-4,8-10H2,1-2H3. The SMILES string of the molecule is CCCOc1cccc2c(CCNCC)coc12. The van der Waals surface area contributed by atoms with Gasteiger partial charge in [-0.2, -0.15) is 0 Å². The van der Waals surface area contributed by atoms with Gasteiger partial charge >= 0.3 is 0 Å². The topological polar surface area (TPSA) is 34.4 Å². The molecule has 1 N–H and O–H groups in total. The van der Waals surface area contributed by atoms with E-state index in [9.17, 15) is 0 Å². The van der Waals surface area contributed by atoms with Gasteiger partial charge in [0.15, 0.2) is 11.3 Å². The number of fused-ring (bicyclic) bond motifs is 1. The largest absolute Gasteiger partial charge is 0.490 e. The molecule has 0 spiro atoms. The lowest BCUT2D eigenvalue weighted by atomic mass is 10.1. The molecule has 0 unspecified atom stereocenters. The fourth-order valence-electron chi connectivity index (χ4n) is 2.00. The minimum Gasteiger partial charge on any atom is -0.490 e. The fraction of sp³-hybridized carbons (Fsp3) is 0.467. The Kier molecular flexibility index (Phi) is 4.65. The Hall–Kier alpha value is -1.48. The van der Waals surface area contributed by atoms with Crippen LogP contribution in [0.4, 0.5) is 0 Å². The zero-order valence-corrected chi connectivity index (χ0v) is 11.2. The summed E-state index contributed by atoms with van der Waals surface area (Å²) in [6.45, 7) is 6.92. The van der Waals surface area contributed by atoms with Gasteiger partial charge in [0.1, 0.15) is 0 Å². The number of likely N-dealkylation sites (N-methyl/N-ethyl adjacent to an activating group) is 1. The van der Waals surface area contributed by atoms with Crippen LogP contribution in [0.2, 0.25) is 0 Å². The molecule has 0 amide bonds. The van der Waals surface area contributed by atoms with Crippen LogP contribution in [0.15, 0.2) is 28.9 Å². The van der Waals surface area contributed by atoms with Crippen molar-refractivity contribution < 1.29 is 9.15 Å². The van der Waals surface area contributed by atoms with Crippen molar-refractivity contribution in [3.8, 4) is 5.75 Å². The molecule has 3 nitrogen and oxygen atoms in total. The Morgan fingerprint density at radius 2 is 2.17 bits per heavy atom. The van der Waals surface area contributed by atoms with E-state index in [1.165, 1.54) is 10.9 Å². The molecule has 0 atom stereocenters. The van der Waals surface area contributed by atoms with Crippen molar-refractivity contribution in [1.82, 2.24) is 5.32 Å². The van der Waals surface area contributed by atoms with Crippen LogP contribution >= 0.6 is 0 Å². The van der Waals surface area contributed by atoms with Gasteiger partial charge in [-0.3, -0.25) is 0 Å². The first-order valence-electron chi connectivity index (χ1n) is 6.69. The molecule has 1 aromatic carbocycles. The van der Waals surface area contributed by atoms with Gasteiger partial charge in [-0.05, 0) is 37.6 Å². The average molecular weight is 247 g/mol. The molecule has 2 rings (SSSR count). The highest BCUT2D eigenvalue weighted by atomic mass is 16.5. The highest BCUT2D eigenvalue weighted by Gasteiger charge is 2.10. The Bertz CT molecular complexity index is 490. The first-order chi connectivity index (χ1) is 8.86. The second-order valence-electron chi connectivity index (χ2n) is 4.35. The third kappa shape index (κ3) is 2.85. The minimum atomic E-state index is 0.729. The van der Waals surface area contributed by atoms with Crippen LogP contribution < -0.4 is 10.1 Å². The molecule has 2 aromatic rings. The van der Waals surface area contributed by atoms with Crippen LogP contribution in [-0.4, -0.2) is 19.7 Å². The maximum absolute atomic E-state index is 5.70. The predicted octanol–water partition coefficient (Wildman–Crippen LogP) is 3.37. The van der Waals surface area contributed by atoms with Crippen molar-refractivity contribution in [2.45, 2.75) is 26.7 Å². The summed E-state index contributed by atoms with van der Waals surface area (Å²) >= 11 is 0. The van der Waals surface area contributed by atoms with Crippen LogP contribution in [0.5, 0.6) is 5.75 Å². The summed E-state index contributed by atoms with van der Waals surface area (Å²) in [6.07, 6.45) is 3.84. The molecule has 18 heavy (non-hydrogen) atoms. The summed E-state index contributed by atoms with van der Waals surface area (Å²) < 4.78 is 11.4. The molecule has 0 saturated heterocycles. The molecule has 0 radical (unpaired) electrons. The molecule has 1 heterocycles. The van der Waals surface area contributed by atoms with Crippen LogP contribution in [0.25, 0.3) is 11.0 Å². The van der Waals surface area contributed by atoms with E-state index >= 15 is 0 Å². The normalized spacial score (nSPS) is 11.0. The molecular weight excluding hydrogens is 226 g/mol. The van der Waals surface area contributed by atoms with Crippen LogP contribution in [0.1, 0.15) is 25.8 Å². The van der Waals surface area contributed by atoms with E-state index in [0.717, 1.165) is 43.9 Å². The molecular formula is C15H21NO2. The number of nitrogens with one attached hydrogen (secondary N) is 1. The summed E-state index contributed by atoms with van der Waals surface area (Å²) in [5.41, 5.74) is 2.12. The summed E-state index contributed by atoms with van der Waals surface area (Å²) in [7, 11) is 0. The third-order valence-electron chi connectivity index (χ3n) is 2.93. The van der Waals surface area contributed by atoms with Crippen LogP contribution in [-0.2, 0) is 6.42 Å². The number of para-hydroxylation sites is 1. The summed E-state index contributed by atoms with van der Waals surface area (Å²) in [6, 6.07) is 6.09. The third-order valence-corrected chi connectivity index (χ3v) is 2.93. The monoisotopic (exact) mass is 247 g/mol. The van der Waals surface area contributed by atoms with Gasteiger partial charge in [-0.25, -0.2) is 0 Å². The van der Waals surface area contributed by atoms with Crippen molar-refractivity contribution in [3.63, 3.8) is 0 Å². The average Bonchev–Trinajstić information content (AvgIpc) is 2.81. The number of ether oxygens (including phenoxy) is 1. The van der Waals surface area contributed by atoms with E-state index in [-0.39, 0.29) is 0 Å². The lowest BCUT2D eigenvalue weighted by molar-refractivity contribution is 0.316. The summed E-state index contributed by atoms with van der Waals surface area (Å²) in [4.78, 5) is 0. The van der Waals surface area contributed by atoms with Gasteiger partial charge in [0, 0.05) is 5.39 Å². The fourth-order valence-corrected chi connectivity index (χ4v) is 2.00. The Labute approximate surface area is 108 Å². The summed E-state index contributed by atoms with van der Waals surface area (Å²) in [5.74, 6) is 0.851. The zero-order valence-electron chi connectivity index (χ0n) is 11.2. The van der Waals surface area contributed by atoms with E-state index in [1.54, 1.807) is 0 Å². The van der Waals surface area contributed by atoms with Crippen molar-refractivity contribution in [2.75, 3.05) is 19.7 Å². The minimum absolute atomic E-state index is 0.729. The quantitative estimate of drug-likeness (QED) is 0.762. The lowest BCUT2D eigenvalue weighted by Crippen LogP contribution is -2.15. The Morgan fingerprint density at radius 3 is 2.94 bits per heavy atom. The van der Waals surface area contributed by atoms with Crippen LogP contribution in [0.3, 0.4) is 0 Å². The van der Waals surface area contributed by atoms with Gasteiger partial charge in [-0.1, -0.05) is 26.0 Å². The molecule has 0 fully saturated rings.